The number of nitrogens with zero attached hydrogens (tertiary/aromatic N) is 3. The van der Waals surface area contributed by atoms with E-state index in [-0.39, 0.29) is 18.5 Å². The molecule has 0 unspecified atom stereocenters. The van der Waals surface area contributed by atoms with Gasteiger partial charge in [-0.1, -0.05) is 42.5 Å². The van der Waals surface area contributed by atoms with Crippen molar-refractivity contribution in [1.82, 2.24) is 19.8 Å². The number of halogens is 3. The lowest BCUT2D eigenvalue weighted by atomic mass is 9.88. The van der Waals surface area contributed by atoms with Crippen LogP contribution < -0.4 is 11.1 Å². The number of nitrogens with one attached hydrogen (secondary N) is 1. The number of imidazole rings is 1. The van der Waals surface area contributed by atoms with Gasteiger partial charge in [0.15, 0.2) is 0 Å². The predicted molar refractivity (Wildman–Crippen MR) is 149 cm³/mol. The molecule has 0 saturated carbocycles. The van der Waals surface area contributed by atoms with Crippen molar-refractivity contribution < 1.29 is 22.8 Å². The Kier molecular flexibility index (Phi) is 7.83. The molecule has 212 valence electrons. The van der Waals surface area contributed by atoms with Crippen molar-refractivity contribution in [2.45, 2.75) is 38.0 Å². The number of urea groups is 1. The Morgan fingerprint density at radius 3 is 2.41 bits per heavy atom. The highest BCUT2D eigenvalue weighted by Gasteiger charge is 2.31. The summed E-state index contributed by atoms with van der Waals surface area (Å²) in [5.41, 5.74) is 9.72. The third kappa shape index (κ3) is 6.26. The molecular weight excluding hydrogens is 531 g/mol. The molecule has 41 heavy (non-hydrogen) atoms. The van der Waals surface area contributed by atoms with Crippen LogP contribution in [0.5, 0.6) is 0 Å². The highest BCUT2D eigenvalue weighted by molar-refractivity contribution is 5.79. The molecule has 1 aliphatic rings. The first kappa shape index (κ1) is 27.9. The number of rotatable bonds is 7. The lowest BCUT2D eigenvalue weighted by molar-refractivity contribution is -0.137. The smallest absolute Gasteiger partial charge is 0.370 e. The number of hydrogen-bond acceptors (Lipinski definition) is 3. The summed E-state index contributed by atoms with van der Waals surface area (Å²) >= 11 is 0. The molecule has 1 aromatic heterocycles. The number of carbonyl (C=O) groups is 2. The molecule has 10 heteroatoms. The van der Waals surface area contributed by atoms with Gasteiger partial charge in [0.05, 0.1) is 11.6 Å². The first-order valence-electron chi connectivity index (χ1n) is 13.3. The van der Waals surface area contributed by atoms with Gasteiger partial charge >= 0.3 is 12.2 Å². The Morgan fingerprint density at radius 2 is 1.78 bits per heavy atom. The average molecular weight is 562 g/mol. The third-order valence-corrected chi connectivity index (χ3v) is 7.40. The summed E-state index contributed by atoms with van der Waals surface area (Å²) in [6.45, 7) is 0.732. The fraction of sp³-hybridized carbons (Fsp3) is 0.258. The van der Waals surface area contributed by atoms with Crippen LogP contribution in [0.25, 0.3) is 22.5 Å². The van der Waals surface area contributed by atoms with Crippen LogP contribution in [0, 0.1) is 0 Å². The zero-order chi connectivity index (χ0) is 29.1. The van der Waals surface area contributed by atoms with Gasteiger partial charge < -0.3 is 20.5 Å². The number of nitrogens with two attached hydrogens (primary N) is 1. The van der Waals surface area contributed by atoms with Gasteiger partial charge in [0.25, 0.3) is 0 Å². The molecule has 0 radical (unpaired) electrons. The number of fused-ring (bicyclic) bond motifs is 1. The van der Waals surface area contributed by atoms with E-state index in [0.717, 1.165) is 39.9 Å². The summed E-state index contributed by atoms with van der Waals surface area (Å²) in [5.74, 6) is 0.266. The highest BCUT2D eigenvalue weighted by Crippen LogP contribution is 2.37. The Bertz CT molecular complexity index is 1550. The van der Waals surface area contributed by atoms with Crippen LogP contribution >= 0.6 is 0 Å². The average Bonchev–Trinajstić information content (AvgIpc) is 3.40. The standard InChI is InChI=1S/C31H30F3N5O2/c1-38-16-14-36-29(38)22-17-23-19-39(30(41)37-27(11-12-28(35)40)21-5-3-2-4-6-21)15-13-25(23)26(18-22)20-7-9-24(10-8-20)31(32,33)34/h2-10,14,16-18,27H,11-13,15,19H2,1H3,(H2,35,40)(H,37,41)/t27-/m0/s1. The molecule has 0 bridgehead atoms. The van der Waals surface area contributed by atoms with Crippen molar-refractivity contribution in [1.29, 1.82) is 0 Å². The summed E-state index contributed by atoms with van der Waals surface area (Å²) < 4.78 is 41.5. The van der Waals surface area contributed by atoms with Crippen molar-refractivity contribution in [3.63, 3.8) is 0 Å². The number of carbonyl (C=O) groups excluding carboxylic acids is 2. The molecule has 0 spiro atoms. The largest absolute Gasteiger partial charge is 0.416 e. The van der Waals surface area contributed by atoms with Crippen molar-refractivity contribution >= 4 is 11.9 Å². The molecule has 0 aliphatic carbocycles. The number of primary amides is 1. The second-order valence-electron chi connectivity index (χ2n) is 10.2. The molecule has 2 heterocycles. The van der Waals surface area contributed by atoms with Gasteiger partial charge in [-0.2, -0.15) is 13.2 Å². The fourth-order valence-corrected chi connectivity index (χ4v) is 5.28. The van der Waals surface area contributed by atoms with Crippen LogP contribution in [0.2, 0.25) is 0 Å². The highest BCUT2D eigenvalue weighted by atomic mass is 19.4. The molecule has 1 atom stereocenters. The van der Waals surface area contributed by atoms with Gasteiger partial charge in [0.2, 0.25) is 5.91 Å². The number of alkyl halides is 3. The molecular formula is C31H30F3N5O2. The van der Waals surface area contributed by atoms with E-state index in [1.165, 1.54) is 12.1 Å². The van der Waals surface area contributed by atoms with Gasteiger partial charge in [-0.25, -0.2) is 9.78 Å². The van der Waals surface area contributed by atoms with Crippen LogP contribution in [0.15, 0.2) is 79.1 Å². The third-order valence-electron chi connectivity index (χ3n) is 7.40. The molecule has 3 aromatic carbocycles. The van der Waals surface area contributed by atoms with Gasteiger partial charge in [0.1, 0.15) is 5.82 Å². The minimum absolute atomic E-state index is 0.131. The molecule has 4 aromatic rings. The van der Waals surface area contributed by atoms with E-state index in [0.29, 0.717) is 37.3 Å². The molecule has 3 N–H and O–H groups in total. The number of amides is 3. The molecule has 7 nitrogen and oxygen atoms in total. The Morgan fingerprint density at radius 1 is 1.05 bits per heavy atom. The molecule has 0 fully saturated rings. The first-order chi connectivity index (χ1) is 19.6. The van der Waals surface area contributed by atoms with E-state index in [4.69, 9.17) is 5.73 Å². The normalized spacial score (nSPS) is 13.9. The van der Waals surface area contributed by atoms with Crippen LogP contribution in [0.3, 0.4) is 0 Å². The van der Waals surface area contributed by atoms with Gasteiger partial charge in [-0.3, -0.25) is 4.79 Å². The SMILES string of the molecule is Cn1ccnc1-c1cc2c(c(-c3ccc(C(F)(F)F)cc3)c1)CCN(C(=O)N[C@@H](CCC(N)=O)c1ccccc1)C2. The minimum Gasteiger partial charge on any atom is -0.370 e. The van der Waals surface area contributed by atoms with Crippen LogP contribution in [-0.4, -0.2) is 32.9 Å². The van der Waals surface area contributed by atoms with E-state index in [9.17, 15) is 22.8 Å². The maximum absolute atomic E-state index is 13.5. The number of hydrogen-bond donors (Lipinski definition) is 2. The second-order valence-corrected chi connectivity index (χ2v) is 10.2. The topological polar surface area (TPSA) is 93.2 Å². The quantitative estimate of drug-likeness (QED) is 0.297. The maximum Gasteiger partial charge on any atom is 0.416 e. The van der Waals surface area contributed by atoms with Gasteiger partial charge in [-0.15, -0.1) is 0 Å². The lowest BCUT2D eigenvalue weighted by Gasteiger charge is -2.32. The number of benzene rings is 3. The van der Waals surface area contributed by atoms with Crippen molar-refractivity contribution in [2.24, 2.45) is 12.8 Å². The Hall–Kier alpha value is -4.60. The van der Waals surface area contributed by atoms with Crippen LogP contribution in [0.4, 0.5) is 18.0 Å². The molecule has 3 amide bonds. The monoisotopic (exact) mass is 561 g/mol. The van der Waals surface area contributed by atoms with Crippen LogP contribution in [-0.2, 0) is 31.0 Å². The zero-order valence-electron chi connectivity index (χ0n) is 22.5. The van der Waals surface area contributed by atoms with Gasteiger partial charge in [0, 0.05) is 44.5 Å². The summed E-state index contributed by atoms with van der Waals surface area (Å²) in [5, 5.41) is 3.06. The Balaban J connectivity index is 1.46. The van der Waals surface area contributed by atoms with Gasteiger partial charge in [-0.05, 0) is 64.9 Å². The molecule has 1 aliphatic heterocycles. The molecule has 0 saturated heterocycles. The summed E-state index contributed by atoms with van der Waals surface area (Å²) in [4.78, 5) is 31.1. The van der Waals surface area contributed by atoms with Crippen molar-refractivity contribution in [3.8, 4) is 22.5 Å². The molecule has 5 rings (SSSR count). The predicted octanol–water partition coefficient (Wildman–Crippen LogP) is 5.85. The number of aromatic nitrogens is 2. The van der Waals surface area contributed by atoms with Crippen molar-refractivity contribution in [3.05, 3.63) is 101 Å². The first-order valence-corrected chi connectivity index (χ1v) is 13.3. The van der Waals surface area contributed by atoms with E-state index in [1.54, 1.807) is 11.1 Å². The van der Waals surface area contributed by atoms with E-state index >= 15 is 0 Å². The summed E-state index contributed by atoms with van der Waals surface area (Å²) in [7, 11) is 1.87. The van der Waals surface area contributed by atoms with Crippen LogP contribution in [0.1, 0.15) is 41.1 Å². The fourth-order valence-electron chi connectivity index (χ4n) is 5.28. The van der Waals surface area contributed by atoms with E-state index in [1.807, 2.05) is 60.3 Å². The van der Waals surface area contributed by atoms with E-state index in [2.05, 4.69) is 10.3 Å². The number of aryl methyl sites for hydroxylation is 1. The summed E-state index contributed by atoms with van der Waals surface area (Å²) in [6.07, 6.45) is 0.111. The second kappa shape index (κ2) is 11.5. The maximum atomic E-state index is 13.5. The van der Waals surface area contributed by atoms with Crippen molar-refractivity contribution in [2.75, 3.05) is 6.54 Å². The summed E-state index contributed by atoms with van der Waals surface area (Å²) in [6, 6.07) is 17.9. The van der Waals surface area contributed by atoms with E-state index < -0.39 is 17.6 Å². The zero-order valence-corrected chi connectivity index (χ0v) is 22.5. The lowest BCUT2D eigenvalue weighted by Crippen LogP contribution is -2.44. The minimum atomic E-state index is -4.42. The Labute approximate surface area is 235 Å².